The quantitative estimate of drug-likeness (QED) is 0.828. The van der Waals surface area contributed by atoms with Crippen molar-refractivity contribution in [2.75, 3.05) is 19.5 Å². The molecule has 0 saturated carbocycles. The van der Waals surface area contributed by atoms with E-state index in [2.05, 4.69) is 5.32 Å². The van der Waals surface area contributed by atoms with Gasteiger partial charge in [0.05, 0.1) is 14.2 Å². The predicted molar refractivity (Wildman–Crippen MR) is 93.1 cm³/mol. The fraction of sp³-hybridized carbons (Fsp3) is 0.263. The van der Waals surface area contributed by atoms with Crippen molar-refractivity contribution in [3.8, 4) is 11.5 Å². The zero-order valence-corrected chi connectivity index (χ0v) is 14.9. The Morgan fingerprint density at radius 2 is 1.93 bits per heavy atom. The summed E-state index contributed by atoms with van der Waals surface area (Å²) in [6, 6.07) is 8.97. The number of carbonyl (C=O) groups excluding carboxylic acids is 2. The highest BCUT2D eigenvalue weighted by Gasteiger charge is 2.35. The molecular weight excluding hydrogens is 357 g/mol. The van der Waals surface area contributed by atoms with Crippen LogP contribution >= 0.6 is 0 Å². The minimum absolute atomic E-state index is 0.339. The van der Waals surface area contributed by atoms with E-state index < -0.39 is 30.1 Å². The monoisotopic (exact) mass is 375 g/mol. The number of carbonyl (C=O) groups is 2. The second-order valence-corrected chi connectivity index (χ2v) is 5.76. The van der Waals surface area contributed by atoms with Crippen LogP contribution in [0.2, 0.25) is 0 Å². The van der Waals surface area contributed by atoms with Crippen molar-refractivity contribution in [2.45, 2.75) is 19.3 Å². The molecule has 1 heterocycles. The molecule has 2 aromatic rings. The van der Waals surface area contributed by atoms with E-state index in [-0.39, 0.29) is 0 Å². The van der Waals surface area contributed by atoms with Gasteiger partial charge in [0.1, 0.15) is 11.9 Å². The Hall–Kier alpha value is -3.13. The minimum atomic E-state index is -1.51. The van der Waals surface area contributed by atoms with Gasteiger partial charge in [-0.2, -0.15) is 0 Å². The number of ether oxygens (including phenoxy) is 4. The van der Waals surface area contributed by atoms with Gasteiger partial charge in [0.25, 0.3) is 12.2 Å². The molecule has 1 aliphatic rings. The molecule has 8 heteroatoms. The Kier molecular flexibility index (Phi) is 5.27. The second-order valence-electron chi connectivity index (χ2n) is 5.76. The number of hydrogen-bond donors (Lipinski definition) is 1. The van der Waals surface area contributed by atoms with Crippen LogP contribution in [0, 0.1) is 5.82 Å². The van der Waals surface area contributed by atoms with E-state index in [0.29, 0.717) is 28.3 Å². The number of nitrogens with one attached hydrogen (secondary N) is 1. The number of esters is 1. The third-order valence-electron chi connectivity index (χ3n) is 4.02. The molecule has 0 unspecified atom stereocenters. The maximum absolute atomic E-state index is 13.9. The van der Waals surface area contributed by atoms with Gasteiger partial charge in [0.2, 0.25) is 0 Å². The first kappa shape index (κ1) is 18.7. The van der Waals surface area contributed by atoms with E-state index in [1.165, 1.54) is 32.4 Å². The molecule has 0 bridgehead atoms. The molecule has 0 spiro atoms. The molecule has 0 aliphatic carbocycles. The summed E-state index contributed by atoms with van der Waals surface area (Å²) in [7, 11) is 2.94. The predicted octanol–water partition coefficient (Wildman–Crippen LogP) is 2.79. The van der Waals surface area contributed by atoms with Crippen molar-refractivity contribution in [3.05, 3.63) is 53.3 Å². The molecule has 27 heavy (non-hydrogen) atoms. The molecule has 2 aromatic carbocycles. The molecule has 2 atom stereocenters. The van der Waals surface area contributed by atoms with E-state index in [9.17, 15) is 14.0 Å². The van der Waals surface area contributed by atoms with Crippen molar-refractivity contribution >= 4 is 17.6 Å². The van der Waals surface area contributed by atoms with Gasteiger partial charge in [-0.05, 0) is 24.3 Å². The highest BCUT2D eigenvalue weighted by Crippen LogP contribution is 2.43. The number of benzene rings is 2. The van der Waals surface area contributed by atoms with Crippen LogP contribution in [0.1, 0.15) is 24.2 Å². The number of halogens is 1. The standard InChI is InChI=1S/C19H18FNO6/c1-10(22)26-19-18(23)21-14-8-7-11(20)9-13(14)16(27-19)12-5-4-6-15(24-2)17(12)25-3/h4-9,16,19H,1-3H3,(H,21,23)/t16-,19+/m1/s1. The van der Waals surface area contributed by atoms with Crippen LogP contribution < -0.4 is 14.8 Å². The highest BCUT2D eigenvalue weighted by atomic mass is 19.1. The Balaban J connectivity index is 2.18. The van der Waals surface area contributed by atoms with E-state index in [0.717, 1.165) is 6.92 Å². The summed E-state index contributed by atoms with van der Waals surface area (Å²) < 4.78 is 35.5. The molecular formula is C19H18FNO6. The average molecular weight is 375 g/mol. The van der Waals surface area contributed by atoms with Gasteiger partial charge in [-0.15, -0.1) is 0 Å². The smallest absolute Gasteiger partial charge is 0.305 e. The summed E-state index contributed by atoms with van der Waals surface area (Å²) in [5.41, 5.74) is 1.17. The summed E-state index contributed by atoms with van der Waals surface area (Å²) in [4.78, 5) is 23.8. The van der Waals surface area contributed by atoms with Crippen molar-refractivity contribution in [1.82, 2.24) is 0 Å². The number of hydrogen-bond acceptors (Lipinski definition) is 6. The number of anilines is 1. The van der Waals surface area contributed by atoms with Crippen LogP contribution in [-0.2, 0) is 19.1 Å². The minimum Gasteiger partial charge on any atom is -0.493 e. The van der Waals surface area contributed by atoms with Gasteiger partial charge in [-0.1, -0.05) is 12.1 Å². The SMILES string of the molecule is COc1cccc([C@H]2O[C@H](OC(C)=O)C(=O)Nc3ccc(F)cc32)c1OC. The lowest BCUT2D eigenvalue weighted by Crippen LogP contribution is -2.33. The lowest BCUT2D eigenvalue weighted by atomic mass is 9.98. The van der Waals surface area contributed by atoms with Crippen molar-refractivity contribution < 1.29 is 32.9 Å². The summed E-state index contributed by atoms with van der Waals surface area (Å²) in [6.07, 6.45) is -2.47. The van der Waals surface area contributed by atoms with Gasteiger partial charge in [0, 0.05) is 23.7 Å². The van der Waals surface area contributed by atoms with Crippen LogP contribution in [0.25, 0.3) is 0 Å². The summed E-state index contributed by atoms with van der Waals surface area (Å²) in [5.74, 6) is -1.09. The highest BCUT2D eigenvalue weighted by molar-refractivity contribution is 5.95. The third-order valence-corrected chi connectivity index (χ3v) is 4.02. The topological polar surface area (TPSA) is 83.1 Å². The van der Waals surface area contributed by atoms with Crippen molar-refractivity contribution in [1.29, 1.82) is 0 Å². The molecule has 1 amide bonds. The zero-order chi connectivity index (χ0) is 19.6. The largest absolute Gasteiger partial charge is 0.493 e. The number of rotatable bonds is 4. The molecule has 0 fully saturated rings. The summed E-state index contributed by atoms with van der Waals surface area (Å²) in [6.45, 7) is 1.16. The first-order chi connectivity index (χ1) is 12.9. The van der Waals surface area contributed by atoms with Crippen LogP contribution in [0.3, 0.4) is 0 Å². The molecule has 1 N–H and O–H groups in total. The van der Waals surface area contributed by atoms with Crippen LogP contribution in [0.15, 0.2) is 36.4 Å². The first-order valence-corrected chi connectivity index (χ1v) is 8.08. The summed E-state index contributed by atoms with van der Waals surface area (Å²) >= 11 is 0. The molecule has 0 saturated heterocycles. The van der Waals surface area contributed by atoms with Crippen LogP contribution in [-0.4, -0.2) is 32.4 Å². The van der Waals surface area contributed by atoms with E-state index in [1.807, 2.05) is 0 Å². The fourth-order valence-electron chi connectivity index (χ4n) is 2.91. The lowest BCUT2D eigenvalue weighted by molar-refractivity contribution is -0.187. The maximum atomic E-state index is 13.9. The second kappa shape index (κ2) is 7.63. The summed E-state index contributed by atoms with van der Waals surface area (Å²) in [5, 5.41) is 2.59. The van der Waals surface area contributed by atoms with Gasteiger partial charge in [-0.3, -0.25) is 9.59 Å². The molecule has 0 radical (unpaired) electrons. The molecule has 0 aromatic heterocycles. The Bertz CT molecular complexity index is 884. The normalized spacial score (nSPS) is 18.7. The fourth-order valence-corrected chi connectivity index (χ4v) is 2.91. The number of methoxy groups -OCH3 is 2. The average Bonchev–Trinajstić information content (AvgIpc) is 2.77. The zero-order valence-electron chi connectivity index (χ0n) is 14.9. The van der Waals surface area contributed by atoms with E-state index in [1.54, 1.807) is 18.2 Å². The molecule has 7 nitrogen and oxygen atoms in total. The third kappa shape index (κ3) is 3.70. The van der Waals surface area contributed by atoms with Gasteiger partial charge < -0.3 is 24.3 Å². The van der Waals surface area contributed by atoms with E-state index in [4.69, 9.17) is 18.9 Å². The van der Waals surface area contributed by atoms with Crippen LogP contribution in [0.4, 0.5) is 10.1 Å². The molecule has 1 aliphatic heterocycles. The van der Waals surface area contributed by atoms with Gasteiger partial charge in [0.15, 0.2) is 11.5 Å². The first-order valence-electron chi connectivity index (χ1n) is 8.08. The Labute approximate surface area is 155 Å². The number of para-hydroxylation sites is 1. The Morgan fingerprint density at radius 1 is 1.15 bits per heavy atom. The van der Waals surface area contributed by atoms with Gasteiger partial charge in [-0.25, -0.2) is 4.39 Å². The van der Waals surface area contributed by atoms with Gasteiger partial charge >= 0.3 is 5.97 Å². The van der Waals surface area contributed by atoms with Crippen molar-refractivity contribution in [3.63, 3.8) is 0 Å². The van der Waals surface area contributed by atoms with Crippen LogP contribution in [0.5, 0.6) is 11.5 Å². The maximum Gasteiger partial charge on any atom is 0.305 e. The van der Waals surface area contributed by atoms with Crippen molar-refractivity contribution in [2.24, 2.45) is 0 Å². The lowest BCUT2D eigenvalue weighted by Gasteiger charge is -2.23. The number of amides is 1. The van der Waals surface area contributed by atoms with E-state index >= 15 is 0 Å². The number of fused-ring (bicyclic) bond motifs is 1. The molecule has 3 rings (SSSR count). The molecule has 142 valence electrons. The Morgan fingerprint density at radius 3 is 2.59 bits per heavy atom.